The van der Waals surface area contributed by atoms with Gasteiger partial charge in [-0.05, 0) is 31.8 Å². The number of ether oxygens (including phenoxy) is 2. The molecule has 2 fully saturated rings. The summed E-state index contributed by atoms with van der Waals surface area (Å²) >= 11 is 10.1. The van der Waals surface area contributed by atoms with E-state index in [1.165, 1.54) is 0 Å². The van der Waals surface area contributed by atoms with E-state index in [-0.39, 0.29) is 29.8 Å². The summed E-state index contributed by atoms with van der Waals surface area (Å²) in [5.41, 5.74) is 0. The second-order valence-corrected chi connectivity index (χ2v) is 6.88. The zero-order valence-corrected chi connectivity index (χ0v) is 13.4. The lowest BCUT2D eigenvalue weighted by atomic mass is 9.91. The van der Waals surface area contributed by atoms with Crippen molar-refractivity contribution in [2.24, 2.45) is 0 Å². The highest BCUT2D eigenvalue weighted by Gasteiger charge is 2.43. The van der Waals surface area contributed by atoms with Crippen LogP contribution in [0.15, 0.2) is 12.2 Å². The van der Waals surface area contributed by atoms with E-state index in [0.717, 1.165) is 25.7 Å². The summed E-state index contributed by atoms with van der Waals surface area (Å²) in [6.07, 6.45) is 13.1. The average molecular weight is 348 g/mol. The van der Waals surface area contributed by atoms with Crippen LogP contribution in [-0.2, 0) is 9.47 Å². The number of alkyl halides is 2. The molecular formula is C15H20BrClO2. The molecule has 2 aliphatic heterocycles. The van der Waals surface area contributed by atoms with Gasteiger partial charge in [-0.2, -0.15) is 0 Å². The van der Waals surface area contributed by atoms with E-state index in [2.05, 4.69) is 28.8 Å². The molecule has 0 aromatic heterocycles. The molecule has 19 heavy (non-hydrogen) atoms. The minimum absolute atomic E-state index is 0.00643. The molecule has 4 heteroatoms. The number of terminal acetylenes is 1. The van der Waals surface area contributed by atoms with Gasteiger partial charge in [-0.15, -0.1) is 18.0 Å². The van der Waals surface area contributed by atoms with Crippen LogP contribution < -0.4 is 0 Å². The number of hydrogen-bond donors (Lipinski definition) is 0. The predicted octanol–water partition coefficient (Wildman–Crippen LogP) is 3.66. The highest BCUT2D eigenvalue weighted by atomic mass is 79.9. The third kappa shape index (κ3) is 3.76. The second-order valence-electron chi connectivity index (χ2n) is 5.14. The Morgan fingerprint density at radius 2 is 2.00 bits per heavy atom. The predicted molar refractivity (Wildman–Crippen MR) is 81.8 cm³/mol. The summed E-state index contributed by atoms with van der Waals surface area (Å²) in [4.78, 5) is 0.368. The van der Waals surface area contributed by atoms with Crippen molar-refractivity contribution in [3.8, 4) is 12.3 Å². The molecule has 2 aliphatic rings. The van der Waals surface area contributed by atoms with Crippen molar-refractivity contribution in [3.05, 3.63) is 12.2 Å². The molecule has 2 nitrogen and oxygen atoms in total. The molecule has 6 atom stereocenters. The van der Waals surface area contributed by atoms with Crippen LogP contribution in [0.25, 0.3) is 0 Å². The molecule has 2 heterocycles. The van der Waals surface area contributed by atoms with E-state index < -0.39 is 0 Å². The maximum absolute atomic E-state index is 6.41. The zero-order valence-electron chi connectivity index (χ0n) is 11.1. The van der Waals surface area contributed by atoms with Crippen molar-refractivity contribution < 1.29 is 9.47 Å². The molecule has 0 aromatic carbocycles. The Kier molecular flexibility index (Phi) is 5.77. The van der Waals surface area contributed by atoms with Gasteiger partial charge in [-0.25, -0.2) is 0 Å². The Bertz CT molecular complexity index is 366. The molecule has 0 bridgehead atoms. The summed E-state index contributed by atoms with van der Waals surface area (Å²) in [5, 5.41) is -0.00643. The molecule has 0 saturated carbocycles. The van der Waals surface area contributed by atoms with Crippen LogP contribution in [0.1, 0.15) is 32.6 Å². The molecule has 106 valence electrons. The lowest BCUT2D eigenvalue weighted by molar-refractivity contribution is -0.181. The van der Waals surface area contributed by atoms with Crippen LogP contribution in [0.3, 0.4) is 0 Å². The maximum atomic E-state index is 6.41. The van der Waals surface area contributed by atoms with Crippen LogP contribution in [0.2, 0.25) is 0 Å². The van der Waals surface area contributed by atoms with Gasteiger partial charge in [0.25, 0.3) is 0 Å². The van der Waals surface area contributed by atoms with E-state index in [1.54, 1.807) is 6.08 Å². The summed E-state index contributed by atoms with van der Waals surface area (Å²) in [6, 6.07) is 0. The first-order valence-corrected chi connectivity index (χ1v) is 8.21. The number of halogens is 2. The minimum atomic E-state index is -0.00643. The first kappa shape index (κ1) is 15.4. The fourth-order valence-electron chi connectivity index (χ4n) is 2.78. The SMILES string of the molecule is C#C/C=C\C[C@@H]1O[C@@H]2C[C@H](Br)[C@H](CC)O[C@@H]2C[C@@H]1Cl. The molecule has 0 spiro atoms. The first-order valence-electron chi connectivity index (χ1n) is 6.85. The largest absolute Gasteiger partial charge is 0.371 e. The van der Waals surface area contributed by atoms with E-state index in [4.69, 9.17) is 27.5 Å². The van der Waals surface area contributed by atoms with Crippen LogP contribution in [-0.4, -0.2) is 34.6 Å². The Hall–Kier alpha value is -0.0100. The van der Waals surface area contributed by atoms with E-state index in [9.17, 15) is 0 Å². The van der Waals surface area contributed by atoms with Crippen molar-refractivity contribution in [3.63, 3.8) is 0 Å². The van der Waals surface area contributed by atoms with Gasteiger partial charge < -0.3 is 9.47 Å². The van der Waals surface area contributed by atoms with Gasteiger partial charge in [0.1, 0.15) is 0 Å². The number of fused-ring (bicyclic) bond motifs is 1. The van der Waals surface area contributed by atoms with Gasteiger partial charge in [-0.3, -0.25) is 0 Å². The van der Waals surface area contributed by atoms with Crippen molar-refractivity contribution in [2.75, 3.05) is 0 Å². The van der Waals surface area contributed by atoms with Crippen LogP contribution in [0.5, 0.6) is 0 Å². The fourth-order valence-corrected chi connectivity index (χ4v) is 3.99. The lowest BCUT2D eigenvalue weighted by Crippen LogP contribution is -2.53. The van der Waals surface area contributed by atoms with Gasteiger partial charge in [0.15, 0.2) is 0 Å². The van der Waals surface area contributed by atoms with E-state index in [0.29, 0.717) is 4.83 Å². The fraction of sp³-hybridized carbons (Fsp3) is 0.733. The second kappa shape index (κ2) is 7.13. The highest BCUT2D eigenvalue weighted by molar-refractivity contribution is 9.09. The van der Waals surface area contributed by atoms with Crippen molar-refractivity contribution in [2.45, 2.75) is 67.2 Å². The van der Waals surface area contributed by atoms with Gasteiger partial charge in [0.05, 0.1) is 29.8 Å². The molecule has 0 aromatic rings. The summed E-state index contributed by atoms with van der Waals surface area (Å²) in [5.74, 6) is 2.49. The number of rotatable bonds is 3. The Morgan fingerprint density at radius 3 is 2.68 bits per heavy atom. The highest BCUT2D eigenvalue weighted by Crippen LogP contribution is 2.37. The quantitative estimate of drug-likeness (QED) is 0.573. The third-order valence-corrected chi connectivity index (χ3v) is 5.24. The smallest absolute Gasteiger partial charge is 0.0856 e. The molecule has 0 radical (unpaired) electrons. The molecule has 0 unspecified atom stereocenters. The Balaban J connectivity index is 1.95. The number of allylic oxidation sites excluding steroid dienone is 1. The van der Waals surface area contributed by atoms with Gasteiger partial charge in [-0.1, -0.05) is 34.9 Å². The molecule has 0 aliphatic carbocycles. The van der Waals surface area contributed by atoms with Crippen LogP contribution in [0, 0.1) is 12.3 Å². The van der Waals surface area contributed by atoms with E-state index in [1.807, 2.05) is 6.08 Å². The topological polar surface area (TPSA) is 18.5 Å². The normalized spacial score (nSPS) is 42.8. The van der Waals surface area contributed by atoms with Crippen molar-refractivity contribution >= 4 is 27.5 Å². The van der Waals surface area contributed by atoms with Gasteiger partial charge >= 0.3 is 0 Å². The van der Waals surface area contributed by atoms with Gasteiger partial charge in [0, 0.05) is 4.83 Å². The molecular weight excluding hydrogens is 328 g/mol. The monoisotopic (exact) mass is 346 g/mol. The molecule has 0 N–H and O–H groups in total. The lowest BCUT2D eigenvalue weighted by Gasteiger charge is -2.45. The number of hydrogen-bond acceptors (Lipinski definition) is 2. The van der Waals surface area contributed by atoms with E-state index >= 15 is 0 Å². The molecule has 0 amide bonds. The third-order valence-electron chi connectivity index (χ3n) is 3.82. The summed E-state index contributed by atoms with van der Waals surface area (Å²) in [7, 11) is 0. The zero-order chi connectivity index (χ0) is 13.8. The summed E-state index contributed by atoms with van der Waals surface area (Å²) in [6.45, 7) is 2.15. The van der Waals surface area contributed by atoms with Crippen molar-refractivity contribution in [1.82, 2.24) is 0 Å². The summed E-state index contributed by atoms with van der Waals surface area (Å²) < 4.78 is 12.2. The maximum Gasteiger partial charge on any atom is 0.0856 e. The molecule has 2 rings (SSSR count). The van der Waals surface area contributed by atoms with Crippen LogP contribution in [0.4, 0.5) is 0 Å². The minimum Gasteiger partial charge on any atom is -0.371 e. The average Bonchev–Trinajstić information content (AvgIpc) is 2.39. The molecule has 2 saturated heterocycles. The van der Waals surface area contributed by atoms with Gasteiger partial charge in [0.2, 0.25) is 0 Å². The van der Waals surface area contributed by atoms with Crippen LogP contribution >= 0.6 is 27.5 Å². The van der Waals surface area contributed by atoms with Crippen molar-refractivity contribution in [1.29, 1.82) is 0 Å². The standard InChI is InChI=1S/C15H20BrClO2/c1-3-5-6-7-13-11(17)9-15-14(19-13)8-10(16)12(4-2)18-15/h1,5-6,10-15H,4,7-9H2,2H3/b6-5-/t10-,11-,12-,13-,14+,15+/m0/s1. The Labute approximate surface area is 129 Å². The first-order chi connectivity index (χ1) is 9.15. The Morgan fingerprint density at radius 1 is 1.32 bits per heavy atom.